The van der Waals surface area contributed by atoms with Gasteiger partial charge in [0.25, 0.3) is 11.8 Å². The molecule has 0 spiro atoms. The molecule has 0 bridgehead atoms. The SMILES string of the molecule is Cc1nc(-c2ccccc2F)c(C(=O)NC(Cc2ccccc2)C(=O)C(N)=O)o1. The summed E-state index contributed by atoms with van der Waals surface area (Å²) in [5.41, 5.74) is 5.92. The molecule has 2 amide bonds. The van der Waals surface area contributed by atoms with E-state index in [9.17, 15) is 18.8 Å². The van der Waals surface area contributed by atoms with Crippen molar-refractivity contribution in [2.75, 3.05) is 0 Å². The number of amides is 2. The number of nitrogens with zero attached hydrogens (tertiary/aromatic N) is 1. The zero-order valence-corrected chi connectivity index (χ0v) is 15.5. The van der Waals surface area contributed by atoms with Crippen molar-refractivity contribution in [2.24, 2.45) is 5.73 Å². The number of carbonyl (C=O) groups is 3. The van der Waals surface area contributed by atoms with Gasteiger partial charge < -0.3 is 15.5 Å². The Morgan fingerprint density at radius 2 is 1.76 bits per heavy atom. The number of hydrogen-bond donors (Lipinski definition) is 2. The Kier molecular flexibility index (Phi) is 5.82. The van der Waals surface area contributed by atoms with Gasteiger partial charge in [-0.1, -0.05) is 42.5 Å². The number of primary amides is 1. The summed E-state index contributed by atoms with van der Waals surface area (Å²) >= 11 is 0. The Labute approximate surface area is 165 Å². The van der Waals surface area contributed by atoms with Crippen molar-refractivity contribution in [1.82, 2.24) is 10.3 Å². The van der Waals surface area contributed by atoms with E-state index in [-0.39, 0.29) is 29.3 Å². The number of carbonyl (C=O) groups excluding carboxylic acids is 3. The number of hydrogen-bond acceptors (Lipinski definition) is 5. The number of nitrogens with one attached hydrogen (secondary N) is 1. The number of aromatic nitrogens is 1. The summed E-state index contributed by atoms with van der Waals surface area (Å²) in [7, 11) is 0. The highest BCUT2D eigenvalue weighted by Gasteiger charge is 2.29. The van der Waals surface area contributed by atoms with E-state index in [2.05, 4.69) is 10.3 Å². The molecule has 3 rings (SSSR count). The normalized spacial score (nSPS) is 11.7. The van der Waals surface area contributed by atoms with E-state index in [1.165, 1.54) is 25.1 Å². The maximum Gasteiger partial charge on any atom is 0.290 e. The molecule has 3 aromatic rings. The number of benzene rings is 2. The third-order valence-electron chi connectivity index (χ3n) is 4.22. The first kappa shape index (κ1) is 19.9. The van der Waals surface area contributed by atoms with Crippen LogP contribution in [0.2, 0.25) is 0 Å². The molecular formula is C21H18FN3O4. The quantitative estimate of drug-likeness (QED) is 0.595. The Balaban J connectivity index is 1.91. The third kappa shape index (κ3) is 4.55. The molecule has 3 N–H and O–H groups in total. The highest BCUT2D eigenvalue weighted by Crippen LogP contribution is 2.26. The van der Waals surface area contributed by atoms with Crippen molar-refractivity contribution < 1.29 is 23.2 Å². The Morgan fingerprint density at radius 3 is 2.41 bits per heavy atom. The number of rotatable bonds is 7. The third-order valence-corrected chi connectivity index (χ3v) is 4.22. The lowest BCUT2D eigenvalue weighted by atomic mass is 10.0. The van der Waals surface area contributed by atoms with Gasteiger partial charge in [-0.25, -0.2) is 9.37 Å². The molecule has 1 atom stereocenters. The lowest BCUT2D eigenvalue weighted by Gasteiger charge is -2.16. The minimum absolute atomic E-state index is 0.00286. The van der Waals surface area contributed by atoms with Crippen LogP contribution in [-0.2, 0) is 16.0 Å². The largest absolute Gasteiger partial charge is 0.435 e. The molecule has 1 aromatic heterocycles. The fourth-order valence-electron chi connectivity index (χ4n) is 2.87. The van der Waals surface area contributed by atoms with Crippen molar-refractivity contribution >= 4 is 17.6 Å². The summed E-state index contributed by atoms with van der Waals surface area (Å²) in [4.78, 5) is 40.6. The predicted octanol–water partition coefficient (Wildman–Crippen LogP) is 2.18. The van der Waals surface area contributed by atoms with E-state index in [1.54, 1.807) is 36.4 Å². The summed E-state index contributed by atoms with van der Waals surface area (Å²) in [6.45, 7) is 1.51. The maximum absolute atomic E-state index is 14.2. The van der Waals surface area contributed by atoms with Gasteiger partial charge >= 0.3 is 0 Å². The Bertz CT molecular complexity index is 1060. The van der Waals surface area contributed by atoms with E-state index in [0.717, 1.165) is 5.56 Å². The van der Waals surface area contributed by atoms with Gasteiger partial charge in [-0.3, -0.25) is 14.4 Å². The van der Waals surface area contributed by atoms with Crippen molar-refractivity contribution in [2.45, 2.75) is 19.4 Å². The molecule has 7 nitrogen and oxygen atoms in total. The smallest absolute Gasteiger partial charge is 0.290 e. The second-order valence-corrected chi connectivity index (χ2v) is 6.33. The van der Waals surface area contributed by atoms with Gasteiger partial charge in [-0.05, 0) is 17.7 Å². The van der Waals surface area contributed by atoms with Crippen LogP contribution in [0.15, 0.2) is 59.0 Å². The molecule has 2 aromatic carbocycles. The Morgan fingerprint density at radius 1 is 1.10 bits per heavy atom. The van der Waals surface area contributed by atoms with Crippen LogP contribution in [0.4, 0.5) is 4.39 Å². The van der Waals surface area contributed by atoms with E-state index >= 15 is 0 Å². The summed E-state index contributed by atoms with van der Waals surface area (Å²) in [5, 5.41) is 2.46. The fraction of sp³-hybridized carbons (Fsp3) is 0.143. The van der Waals surface area contributed by atoms with E-state index in [0.29, 0.717) is 0 Å². The maximum atomic E-state index is 14.2. The van der Waals surface area contributed by atoms with E-state index in [4.69, 9.17) is 10.2 Å². The van der Waals surface area contributed by atoms with Crippen LogP contribution in [0.3, 0.4) is 0 Å². The first-order valence-corrected chi connectivity index (χ1v) is 8.77. The number of halogens is 1. The van der Waals surface area contributed by atoms with Crippen LogP contribution in [0.5, 0.6) is 0 Å². The minimum atomic E-state index is -1.21. The molecule has 8 heteroatoms. The molecule has 29 heavy (non-hydrogen) atoms. The summed E-state index contributed by atoms with van der Waals surface area (Å²) in [6, 6.07) is 13.4. The highest BCUT2D eigenvalue weighted by atomic mass is 19.1. The van der Waals surface area contributed by atoms with E-state index < -0.39 is 29.5 Å². The monoisotopic (exact) mass is 395 g/mol. The topological polar surface area (TPSA) is 115 Å². The predicted molar refractivity (Wildman–Crippen MR) is 102 cm³/mol. The number of aryl methyl sites for hydroxylation is 1. The van der Waals surface area contributed by atoms with Gasteiger partial charge in [-0.15, -0.1) is 0 Å². The molecular weight excluding hydrogens is 377 g/mol. The average Bonchev–Trinajstić information content (AvgIpc) is 3.09. The zero-order valence-electron chi connectivity index (χ0n) is 15.5. The fourth-order valence-corrected chi connectivity index (χ4v) is 2.87. The van der Waals surface area contributed by atoms with Gasteiger partial charge in [-0.2, -0.15) is 0 Å². The molecule has 0 saturated heterocycles. The van der Waals surface area contributed by atoms with Gasteiger partial charge in [0, 0.05) is 18.9 Å². The van der Waals surface area contributed by atoms with Gasteiger partial charge in [0.1, 0.15) is 17.6 Å². The van der Waals surface area contributed by atoms with Crippen LogP contribution in [0.25, 0.3) is 11.3 Å². The van der Waals surface area contributed by atoms with Gasteiger partial charge in [0.2, 0.25) is 11.5 Å². The van der Waals surface area contributed by atoms with Crippen LogP contribution >= 0.6 is 0 Å². The second kappa shape index (κ2) is 8.47. The zero-order chi connectivity index (χ0) is 21.0. The molecule has 0 fully saturated rings. The number of ketones is 1. The Hall–Kier alpha value is -3.81. The lowest BCUT2D eigenvalue weighted by Crippen LogP contribution is -2.47. The molecule has 1 heterocycles. The number of Topliss-reactive ketones (excluding diaryl/α,β-unsaturated/α-hetero) is 1. The summed E-state index contributed by atoms with van der Waals surface area (Å²) in [5.74, 6) is -3.62. The molecule has 0 saturated carbocycles. The van der Waals surface area contributed by atoms with Crippen LogP contribution in [-0.4, -0.2) is 28.6 Å². The minimum Gasteiger partial charge on any atom is -0.435 e. The van der Waals surface area contributed by atoms with E-state index in [1.807, 2.05) is 0 Å². The molecule has 0 aliphatic carbocycles. The van der Waals surface area contributed by atoms with Crippen molar-refractivity contribution in [1.29, 1.82) is 0 Å². The highest BCUT2D eigenvalue weighted by molar-refractivity contribution is 6.38. The van der Waals surface area contributed by atoms with Crippen LogP contribution in [0.1, 0.15) is 22.0 Å². The molecule has 0 aliphatic rings. The first-order valence-electron chi connectivity index (χ1n) is 8.77. The molecule has 0 radical (unpaired) electrons. The van der Waals surface area contributed by atoms with Crippen molar-refractivity contribution in [3.63, 3.8) is 0 Å². The number of oxazole rings is 1. The molecule has 148 valence electrons. The molecule has 0 aliphatic heterocycles. The van der Waals surface area contributed by atoms with Crippen molar-refractivity contribution in [3.8, 4) is 11.3 Å². The van der Waals surface area contributed by atoms with Gasteiger partial charge in [0.15, 0.2) is 5.89 Å². The molecule has 1 unspecified atom stereocenters. The summed E-state index contributed by atoms with van der Waals surface area (Å²) in [6.07, 6.45) is 0.0521. The first-order chi connectivity index (χ1) is 13.9. The second-order valence-electron chi connectivity index (χ2n) is 6.33. The summed E-state index contributed by atoms with van der Waals surface area (Å²) < 4.78 is 19.5. The lowest BCUT2D eigenvalue weighted by molar-refractivity contribution is -0.137. The average molecular weight is 395 g/mol. The van der Waals surface area contributed by atoms with Crippen LogP contribution < -0.4 is 11.1 Å². The van der Waals surface area contributed by atoms with Gasteiger partial charge in [0.05, 0.1) is 0 Å². The van der Waals surface area contributed by atoms with Crippen molar-refractivity contribution in [3.05, 3.63) is 77.6 Å². The number of nitrogens with two attached hydrogens (primary N) is 1. The van der Waals surface area contributed by atoms with Crippen LogP contribution in [0, 0.1) is 12.7 Å². The standard InChI is InChI=1S/C21H18FN3O4/c1-12-24-17(14-9-5-6-10-15(14)22)19(29-12)21(28)25-16(18(26)20(23)27)11-13-7-3-2-4-8-13/h2-10,16H,11H2,1H3,(H2,23,27)(H,25,28).